The summed E-state index contributed by atoms with van der Waals surface area (Å²) in [6, 6.07) is 14.0. The van der Waals surface area contributed by atoms with Gasteiger partial charge in [-0.05, 0) is 42.3 Å². The minimum absolute atomic E-state index is 0.000285. The number of nitriles is 1. The van der Waals surface area contributed by atoms with Gasteiger partial charge in [0.05, 0.1) is 35.1 Å². The van der Waals surface area contributed by atoms with Crippen LogP contribution in [0, 0.1) is 18.3 Å². The van der Waals surface area contributed by atoms with E-state index in [2.05, 4.69) is 16.7 Å². The number of anilines is 1. The molecule has 3 rings (SSSR count). The Kier molecular flexibility index (Phi) is 7.57. The Balaban J connectivity index is 1.75. The largest absolute Gasteiger partial charge is 0.465 e. The number of benzene rings is 2. The Morgan fingerprint density at radius 1 is 1.28 bits per heavy atom. The SMILES string of the molecule is COC(=O)c1ccc([C@@H]2CC(=O)NC(SCC(=O)Nc3ccc(C)c(Cl)c3)=C2C#N)cc1. The van der Waals surface area contributed by atoms with Crippen LogP contribution in [0.3, 0.4) is 0 Å². The van der Waals surface area contributed by atoms with Crippen LogP contribution in [0.5, 0.6) is 0 Å². The van der Waals surface area contributed by atoms with Gasteiger partial charge in [0.15, 0.2) is 0 Å². The number of thioether (sulfide) groups is 1. The number of rotatable bonds is 6. The van der Waals surface area contributed by atoms with E-state index in [1.54, 1.807) is 42.5 Å². The summed E-state index contributed by atoms with van der Waals surface area (Å²) in [4.78, 5) is 36.3. The average molecular weight is 470 g/mol. The molecule has 0 saturated heterocycles. The van der Waals surface area contributed by atoms with Crippen molar-refractivity contribution in [1.82, 2.24) is 5.32 Å². The second-order valence-electron chi connectivity index (χ2n) is 7.07. The van der Waals surface area contributed by atoms with E-state index in [0.29, 0.717) is 26.9 Å². The lowest BCUT2D eigenvalue weighted by molar-refractivity contribution is -0.121. The highest BCUT2D eigenvalue weighted by molar-refractivity contribution is 8.03. The first-order valence-electron chi connectivity index (χ1n) is 9.63. The monoisotopic (exact) mass is 469 g/mol. The van der Waals surface area contributed by atoms with Gasteiger partial charge in [-0.2, -0.15) is 5.26 Å². The van der Waals surface area contributed by atoms with Gasteiger partial charge >= 0.3 is 5.97 Å². The van der Waals surface area contributed by atoms with E-state index in [4.69, 9.17) is 16.3 Å². The standard InChI is InChI=1S/C23H20ClN3O4S/c1-13-3-8-16(9-19(13)24)26-21(29)12-32-22-18(11-25)17(10-20(28)27-22)14-4-6-15(7-5-14)23(30)31-2/h3-9,17H,10,12H2,1-2H3,(H,26,29)(H,27,28)/t17-/m0/s1. The zero-order chi connectivity index (χ0) is 23.3. The molecule has 1 aliphatic heterocycles. The van der Waals surface area contributed by atoms with E-state index >= 15 is 0 Å². The molecule has 1 heterocycles. The van der Waals surface area contributed by atoms with Crippen LogP contribution < -0.4 is 10.6 Å². The molecule has 2 aromatic rings. The number of halogens is 1. The molecule has 164 valence electrons. The van der Waals surface area contributed by atoms with Gasteiger partial charge in [-0.15, -0.1) is 0 Å². The third kappa shape index (κ3) is 5.49. The number of esters is 1. The lowest BCUT2D eigenvalue weighted by atomic mass is 9.87. The van der Waals surface area contributed by atoms with Crippen LogP contribution in [-0.4, -0.2) is 30.6 Å². The third-order valence-electron chi connectivity index (χ3n) is 4.89. The van der Waals surface area contributed by atoms with Crippen molar-refractivity contribution in [2.75, 3.05) is 18.2 Å². The van der Waals surface area contributed by atoms with E-state index in [1.165, 1.54) is 7.11 Å². The van der Waals surface area contributed by atoms with Gasteiger partial charge in [-0.25, -0.2) is 4.79 Å². The number of carbonyl (C=O) groups is 3. The molecule has 0 bridgehead atoms. The molecule has 1 atom stereocenters. The molecule has 2 N–H and O–H groups in total. The van der Waals surface area contributed by atoms with Crippen molar-refractivity contribution in [2.45, 2.75) is 19.3 Å². The first kappa shape index (κ1) is 23.4. The molecular formula is C23H20ClN3O4S. The highest BCUT2D eigenvalue weighted by atomic mass is 35.5. The molecule has 2 amide bonds. The van der Waals surface area contributed by atoms with Gasteiger partial charge in [0.25, 0.3) is 0 Å². The molecule has 7 nitrogen and oxygen atoms in total. The first-order valence-corrected chi connectivity index (χ1v) is 11.0. The number of nitrogens with zero attached hydrogens (tertiary/aromatic N) is 1. The lowest BCUT2D eigenvalue weighted by Gasteiger charge is -2.25. The van der Waals surface area contributed by atoms with E-state index < -0.39 is 11.9 Å². The summed E-state index contributed by atoms with van der Waals surface area (Å²) in [6.45, 7) is 1.87. The molecule has 0 saturated carbocycles. The molecule has 0 aliphatic carbocycles. The normalized spacial score (nSPS) is 15.6. The smallest absolute Gasteiger partial charge is 0.337 e. The van der Waals surface area contributed by atoms with Crippen LogP contribution in [0.2, 0.25) is 5.02 Å². The van der Waals surface area contributed by atoms with Crippen molar-refractivity contribution in [1.29, 1.82) is 5.26 Å². The Bertz CT molecular complexity index is 1140. The zero-order valence-corrected chi connectivity index (χ0v) is 19.0. The van der Waals surface area contributed by atoms with Crippen LogP contribution in [0.15, 0.2) is 53.1 Å². The Hall–Kier alpha value is -3.28. The first-order chi connectivity index (χ1) is 15.3. The minimum Gasteiger partial charge on any atom is -0.465 e. The van der Waals surface area contributed by atoms with Gasteiger partial charge < -0.3 is 15.4 Å². The molecule has 0 fully saturated rings. The second-order valence-corrected chi connectivity index (χ2v) is 8.47. The van der Waals surface area contributed by atoms with Crippen LogP contribution in [0.25, 0.3) is 0 Å². The van der Waals surface area contributed by atoms with E-state index in [9.17, 15) is 19.6 Å². The molecule has 32 heavy (non-hydrogen) atoms. The summed E-state index contributed by atoms with van der Waals surface area (Å²) >= 11 is 7.17. The lowest BCUT2D eigenvalue weighted by Crippen LogP contribution is -2.31. The fraction of sp³-hybridized carbons (Fsp3) is 0.217. The number of hydrogen-bond donors (Lipinski definition) is 2. The quantitative estimate of drug-likeness (QED) is 0.615. The van der Waals surface area contributed by atoms with Gasteiger partial charge in [-0.3, -0.25) is 9.59 Å². The van der Waals surface area contributed by atoms with Crippen molar-refractivity contribution < 1.29 is 19.1 Å². The third-order valence-corrected chi connectivity index (χ3v) is 6.32. The van der Waals surface area contributed by atoms with Gasteiger partial charge in [0, 0.05) is 23.0 Å². The fourth-order valence-corrected chi connectivity index (χ4v) is 4.25. The number of hydrogen-bond acceptors (Lipinski definition) is 6. The topological polar surface area (TPSA) is 108 Å². The fourth-order valence-electron chi connectivity index (χ4n) is 3.19. The number of ether oxygens (including phenoxy) is 1. The summed E-state index contributed by atoms with van der Waals surface area (Å²) in [5.74, 6) is -1.48. The molecule has 0 aromatic heterocycles. The average Bonchev–Trinajstić information content (AvgIpc) is 2.79. The number of amides is 2. The maximum Gasteiger partial charge on any atom is 0.337 e. The predicted molar refractivity (Wildman–Crippen MR) is 123 cm³/mol. The second kappa shape index (κ2) is 10.4. The molecule has 1 aliphatic rings. The van der Waals surface area contributed by atoms with Crippen molar-refractivity contribution in [3.63, 3.8) is 0 Å². The summed E-state index contributed by atoms with van der Waals surface area (Å²) in [6.07, 6.45) is 0.0958. The van der Waals surface area contributed by atoms with E-state index in [1.807, 2.05) is 6.92 Å². The van der Waals surface area contributed by atoms with Crippen molar-refractivity contribution in [3.05, 3.63) is 74.8 Å². The molecule has 0 spiro atoms. The van der Waals surface area contributed by atoms with E-state index in [-0.39, 0.29) is 24.0 Å². The zero-order valence-electron chi connectivity index (χ0n) is 17.4. The summed E-state index contributed by atoms with van der Waals surface area (Å²) in [7, 11) is 1.30. The molecule has 0 unspecified atom stereocenters. The number of nitrogens with one attached hydrogen (secondary N) is 2. The molecule has 0 radical (unpaired) electrons. The van der Waals surface area contributed by atoms with Crippen LogP contribution in [0.1, 0.15) is 33.8 Å². The van der Waals surface area contributed by atoms with E-state index in [0.717, 1.165) is 22.9 Å². The molecule has 9 heteroatoms. The maximum absolute atomic E-state index is 12.4. The van der Waals surface area contributed by atoms with Crippen molar-refractivity contribution in [2.24, 2.45) is 0 Å². The number of allylic oxidation sites excluding steroid dienone is 1. The summed E-state index contributed by atoms with van der Waals surface area (Å²) in [5.41, 5.74) is 2.93. The van der Waals surface area contributed by atoms with Crippen LogP contribution >= 0.6 is 23.4 Å². The Morgan fingerprint density at radius 2 is 2.00 bits per heavy atom. The summed E-state index contributed by atoms with van der Waals surface area (Å²) < 4.78 is 4.69. The van der Waals surface area contributed by atoms with Gasteiger partial charge in [0.2, 0.25) is 11.8 Å². The Labute approximate surface area is 194 Å². The highest BCUT2D eigenvalue weighted by Gasteiger charge is 2.30. The minimum atomic E-state index is -0.470. The summed E-state index contributed by atoms with van der Waals surface area (Å²) in [5, 5.41) is 16.1. The molecular weight excluding hydrogens is 450 g/mol. The number of carbonyl (C=O) groups excluding carboxylic acids is 3. The number of aryl methyl sites for hydroxylation is 1. The van der Waals surface area contributed by atoms with Crippen LogP contribution in [0.4, 0.5) is 5.69 Å². The molecule has 2 aromatic carbocycles. The predicted octanol–water partition coefficient (Wildman–Crippen LogP) is 4.15. The highest BCUT2D eigenvalue weighted by Crippen LogP contribution is 2.36. The maximum atomic E-state index is 12.4. The Morgan fingerprint density at radius 3 is 2.62 bits per heavy atom. The van der Waals surface area contributed by atoms with Gasteiger partial charge in [-0.1, -0.05) is 41.6 Å². The van der Waals surface area contributed by atoms with Gasteiger partial charge in [0.1, 0.15) is 0 Å². The van der Waals surface area contributed by atoms with Crippen molar-refractivity contribution in [3.8, 4) is 6.07 Å². The van der Waals surface area contributed by atoms with Crippen molar-refractivity contribution >= 4 is 46.8 Å². The number of methoxy groups -OCH3 is 1. The van der Waals surface area contributed by atoms with Crippen LogP contribution in [-0.2, 0) is 14.3 Å².